The second kappa shape index (κ2) is 8.15. The lowest BCUT2D eigenvalue weighted by Crippen LogP contribution is -2.43. The molecule has 0 saturated carbocycles. The SMILES string of the molecule is Cc1cccc(-c2n[nH]c(=S)n2CC(=O)NNC(=O)c2ccccc2Cl)c1. The molecule has 0 unspecified atom stereocenters. The molecule has 0 aliphatic rings. The predicted octanol–water partition coefficient (Wildman–Crippen LogP) is 3.03. The second-order valence-electron chi connectivity index (χ2n) is 5.79. The first-order chi connectivity index (χ1) is 13.0. The highest BCUT2D eigenvalue weighted by molar-refractivity contribution is 7.71. The highest BCUT2D eigenvalue weighted by atomic mass is 35.5. The highest BCUT2D eigenvalue weighted by Gasteiger charge is 2.14. The molecule has 1 aromatic heterocycles. The molecule has 0 bridgehead atoms. The zero-order valence-electron chi connectivity index (χ0n) is 14.3. The third kappa shape index (κ3) is 4.42. The summed E-state index contributed by atoms with van der Waals surface area (Å²) < 4.78 is 1.86. The minimum atomic E-state index is -0.511. The van der Waals surface area contributed by atoms with Gasteiger partial charge in [-0.1, -0.05) is 47.5 Å². The van der Waals surface area contributed by atoms with Crippen molar-refractivity contribution >= 4 is 35.6 Å². The van der Waals surface area contributed by atoms with Crippen LogP contribution in [0.5, 0.6) is 0 Å². The lowest BCUT2D eigenvalue weighted by atomic mass is 10.1. The molecule has 0 atom stereocenters. The van der Waals surface area contributed by atoms with Crippen molar-refractivity contribution < 1.29 is 9.59 Å². The van der Waals surface area contributed by atoms with Gasteiger partial charge >= 0.3 is 0 Å². The van der Waals surface area contributed by atoms with E-state index in [1.165, 1.54) is 0 Å². The molecule has 27 heavy (non-hydrogen) atoms. The van der Waals surface area contributed by atoms with E-state index in [0.29, 0.717) is 15.6 Å². The van der Waals surface area contributed by atoms with Crippen molar-refractivity contribution in [2.45, 2.75) is 13.5 Å². The molecule has 0 saturated heterocycles. The Kier molecular flexibility index (Phi) is 5.68. The van der Waals surface area contributed by atoms with Gasteiger partial charge in [-0.15, -0.1) is 0 Å². The van der Waals surface area contributed by atoms with Crippen LogP contribution in [0.15, 0.2) is 48.5 Å². The maximum atomic E-state index is 12.3. The number of carbonyl (C=O) groups is 2. The first-order valence-electron chi connectivity index (χ1n) is 8.01. The van der Waals surface area contributed by atoms with Crippen LogP contribution in [0.4, 0.5) is 0 Å². The molecule has 1 heterocycles. The second-order valence-corrected chi connectivity index (χ2v) is 6.58. The average molecular weight is 402 g/mol. The number of hydrazine groups is 1. The number of hydrogen-bond donors (Lipinski definition) is 3. The number of H-pyrrole nitrogens is 1. The molecular weight excluding hydrogens is 386 g/mol. The Hall–Kier alpha value is -2.97. The largest absolute Gasteiger partial charge is 0.291 e. The summed E-state index contributed by atoms with van der Waals surface area (Å²) in [6, 6.07) is 14.2. The smallest absolute Gasteiger partial charge is 0.271 e. The summed E-state index contributed by atoms with van der Waals surface area (Å²) in [7, 11) is 0. The Labute approximate surface area is 165 Å². The summed E-state index contributed by atoms with van der Waals surface area (Å²) >= 11 is 11.2. The van der Waals surface area contributed by atoms with Crippen LogP contribution in [0.25, 0.3) is 11.4 Å². The normalized spacial score (nSPS) is 10.4. The fraction of sp³-hybridized carbons (Fsp3) is 0.111. The van der Waals surface area contributed by atoms with Crippen LogP contribution in [0.1, 0.15) is 15.9 Å². The Morgan fingerprint density at radius 2 is 1.96 bits per heavy atom. The van der Waals surface area contributed by atoms with Crippen molar-refractivity contribution in [2.75, 3.05) is 0 Å². The Bertz CT molecular complexity index is 1060. The van der Waals surface area contributed by atoms with Gasteiger partial charge in [0.05, 0.1) is 10.6 Å². The molecule has 0 fully saturated rings. The molecule has 0 aliphatic heterocycles. The Morgan fingerprint density at radius 1 is 1.19 bits per heavy atom. The molecular formula is C18H16ClN5O2S. The number of nitrogens with zero attached hydrogens (tertiary/aromatic N) is 2. The summed E-state index contributed by atoms with van der Waals surface area (Å²) in [6.45, 7) is 1.85. The summed E-state index contributed by atoms with van der Waals surface area (Å²) in [5.74, 6) is -0.429. The van der Waals surface area contributed by atoms with Gasteiger partial charge in [0.2, 0.25) is 0 Å². The predicted molar refractivity (Wildman–Crippen MR) is 105 cm³/mol. The number of rotatable bonds is 4. The van der Waals surface area contributed by atoms with Gasteiger partial charge in [0.1, 0.15) is 6.54 Å². The van der Waals surface area contributed by atoms with Crippen LogP contribution >= 0.6 is 23.8 Å². The molecule has 0 spiro atoms. The van der Waals surface area contributed by atoms with Crippen molar-refractivity contribution in [1.29, 1.82) is 0 Å². The summed E-state index contributed by atoms with van der Waals surface area (Å²) in [5.41, 5.74) is 6.85. The monoisotopic (exact) mass is 401 g/mol. The number of benzene rings is 2. The maximum Gasteiger partial charge on any atom is 0.271 e. The number of aromatic amines is 1. The lowest BCUT2D eigenvalue weighted by Gasteiger charge is -2.10. The van der Waals surface area contributed by atoms with Crippen LogP contribution in [0.3, 0.4) is 0 Å². The van der Waals surface area contributed by atoms with E-state index in [1.54, 1.807) is 28.8 Å². The molecule has 3 rings (SSSR count). The van der Waals surface area contributed by atoms with E-state index in [9.17, 15) is 9.59 Å². The van der Waals surface area contributed by atoms with Crippen molar-refractivity contribution in [3.63, 3.8) is 0 Å². The molecule has 3 aromatic rings. The Balaban J connectivity index is 1.70. The number of aromatic nitrogens is 3. The Morgan fingerprint density at radius 3 is 2.70 bits per heavy atom. The van der Waals surface area contributed by atoms with Gasteiger partial charge in [0, 0.05) is 5.56 Å². The van der Waals surface area contributed by atoms with Gasteiger partial charge in [0.15, 0.2) is 10.6 Å². The van der Waals surface area contributed by atoms with E-state index < -0.39 is 11.8 Å². The van der Waals surface area contributed by atoms with Crippen LogP contribution in [-0.2, 0) is 11.3 Å². The van der Waals surface area contributed by atoms with E-state index in [4.69, 9.17) is 23.8 Å². The lowest BCUT2D eigenvalue weighted by molar-refractivity contribution is -0.122. The van der Waals surface area contributed by atoms with Gasteiger partial charge < -0.3 is 0 Å². The molecule has 0 aliphatic carbocycles. The van der Waals surface area contributed by atoms with Gasteiger partial charge in [-0.2, -0.15) is 5.10 Å². The molecule has 2 amide bonds. The molecule has 138 valence electrons. The quantitative estimate of drug-likeness (QED) is 0.463. The van der Waals surface area contributed by atoms with Gasteiger partial charge in [0.25, 0.3) is 11.8 Å². The van der Waals surface area contributed by atoms with Crippen LogP contribution in [-0.4, -0.2) is 26.6 Å². The van der Waals surface area contributed by atoms with Crippen molar-refractivity contribution in [2.24, 2.45) is 0 Å². The van der Waals surface area contributed by atoms with Gasteiger partial charge in [-0.25, -0.2) is 0 Å². The first kappa shape index (κ1) is 18.8. The van der Waals surface area contributed by atoms with E-state index in [2.05, 4.69) is 21.0 Å². The van der Waals surface area contributed by atoms with Crippen LogP contribution in [0.2, 0.25) is 5.02 Å². The number of nitrogens with one attached hydrogen (secondary N) is 3. The fourth-order valence-corrected chi connectivity index (χ4v) is 2.91. The minimum Gasteiger partial charge on any atom is -0.291 e. The number of halogens is 1. The van der Waals surface area contributed by atoms with E-state index in [1.807, 2.05) is 31.2 Å². The summed E-state index contributed by atoms with van der Waals surface area (Å²) in [5, 5.41) is 7.18. The average Bonchev–Trinajstić information content (AvgIpc) is 3.00. The zero-order valence-corrected chi connectivity index (χ0v) is 15.9. The van der Waals surface area contributed by atoms with Crippen molar-refractivity contribution in [3.8, 4) is 11.4 Å². The summed E-state index contributed by atoms with van der Waals surface area (Å²) in [4.78, 5) is 24.4. The fourth-order valence-electron chi connectivity index (χ4n) is 2.49. The molecule has 9 heteroatoms. The van der Waals surface area contributed by atoms with E-state index >= 15 is 0 Å². The number of aryl methyl sites for hydroxylation is 1. The topological polar surface area (TPSA) is 91.8 Å². The number of amides is 2. The van der Waals surface area contributed by atoms with Crippen LogP contribution in [0, 0.1) is 11.7 Å². The number of carbonyl (C=O) groups excluding carboxylic acids is 2. The van der Waals surface area contributed by atoms with Crippen LogP contribution < -0.4 is 10.9 Å². The molecule has 7 nitrogen and oxygen atoms in total. The molecule has 0 radical (unpaired) electrons. The molecule has 3 N–H and O–H groups in total. The van der Waals surface area contributed by atoms with Gasteiger partial charge in [-0.3, -0.25) is 30.1 Å². The standard InChI is InChI=1S/C18H16ClN5O2S/c1-11-5-4-6-12(9-11)16-21-23-18(27)24(16)10-15(25)20-22-17(26)13-7-2-3-8-14(13)19/h2-9H,10H2,1H3,(H,20,25)(H,22,26)(H,23,27). The number of hydrogen-bond acceptors (Lipinski definition) is 4. The van der Waals surface area contributed by atoms with E-state index in [-0.39, 0.29) is 12.1 Å². The minimum absolute atomic E-state index is 0.110. The molecule has 2 aromatic carbocycles. The first-order valence-corrected chi connectivity index (χ1v) is 8.80. The van der Waals surface area contributed by atoms with Crippen molar-refractivity contribution in [3.05, 3.63) is 69.5 Å². The summed E-state index contributed by atoms with van der Waals surface area (Å²) in [6.07, 6.45) is 0. The third-order valence-corrected chi connectivity index (χ3v) is 4.41. The maximum absolute atomic E-state index is 12.3. The van der Waals surface area contributed by atoms with Crippen molar-refractivity contribution in [1.82, 2.24) is 25.6 Å². The van der Waals surface area contributed by atoms with E-state index in [0.717, 1.165) is 11.1 Å². The zero-order chi connectivity index (χ0) is 19.4. The highest BCUT2D eigenvalue weighted by Crippen LogP contribution is 2.18. The third-order valence-electron chi connectivity index (χ3n) is 3.77. The van der Waals surface area contributed by atoms with Gasteiger partial charge in [-0.05, 0) is 37.3 Å².